The van der Waals surface area contributed by atoms with E-state index < -0.39 is 0 Å². The third-order valence-corrected chi connectivity index (χ3v) is 4.18. The lowest BCUT2D eigenvalue weighted by Crippen LogP contribution is -2.35. The molecule has 1 aliphatic rings. The average Bonchev–Trinajstić information content (AvgIpc) is 2.31. The molecule has 1 nitrogen and oxygen atoms in total. The topological polar surface area (TPSA) is 12.0 Å². The smallest absolute Gasteiger partial charge is 0.00147 e. The van der Waals surface area contributed by atoms with E-state index in [1.54, 1.807) is 5.56 Å². The van der Waals surface area contributed by atoms with Gasteiger partial charge in [-0.25, -0.2) is 0 Å². The molecule has 0 radical (unpaired) electrons. The Morgan fingerprint density at radius 1 is 1.24 bits per heavy atom. The van der Waals surface area contributed by atoms with Gasteiger partial charge in [-0.05, 0) is 68.3 Å². The van der Waals surface area contributed by atoms with Gasteiger partial charge in [0.15, 0.2) is 0 Å². The van der Waals surface area contributed by atoms with E-state index in [0.717, 1.165) is 11.8 Å². The molecule has 1 aliphatic heterocycles. The summed E-state index contributed by atoms with van der Waals surface area (Å²) in [6.45, 7) is 9.22. The molecule has 1 N–H and O–H groups in total. The number of rotatable bonds is 3. The predicted octanol–water partition coefficient (Wildman–Crippen LogP) is 3.80. The van der Waals surface area contributed by atoms with Gasteiger partial charge in [0.25, 0.3) is 0 Å². The molecule has 0 saturated carbocycles. The van der Waals surface area contributed by atoms with Crippen LogP contribution in [0.3, 0.4) is 0 Å². The van der Waals surface area contributed by atoms with Crippen LogP contribution in [0.5, 0.6) is 0 Å². The first-order valence-corrected chi connectivity index (χ1v) is 7.00. The van der Waals surface area contributed by atoms with Crippen LogP contribution in [0.2, 0.25) is 0 Å². The fourth-order valence-corrected chi connectivity index (χ4v) is 3.39. The summed E-state index contributed by atoms with van der Waals surface area (Å²) >= 11 is 0. The molecule has 0 aliphatic carbocycles. The standard InChI is InChI=1S/C16H25N/c1-4-6-14-11-17-10-9-15(14)16-12(2)7-5-8-13(16)3/h5,7-8,14-15,17H,4,6,9-11H2,1-3H3. The van der Waals surface area contributed by atoms with Gasteiger partial charge >= 0.3 is 0 Å². The Morgan fingerprint density at radius 3 is 2.59 bits per heavy atom. The second kappa shape index (κ2) is 5.68. The highest BCUT2D eigenvalue weighted by Gasteiger charge is 2.27. The van der Waals surface area contributed by atoms with Crippen molar-refractivity contribution in [3.63, 3.8) is 0 Å². The van der Waals surface area contributed by atoms with Crippen LogP contribution in [-0.2, 0) is 0 Å². The van der Waals surface area contributed by atoms with Crippen LogP contribution in [0.1, 0.15) is 48.8 Å². The molecular weight excluding hydrogens is 206 g/mol. The first-order valence-electron chi connectivity index (χ1n) is 7.00. The van der Waals surface area contributed by atoms with Gasteiger partial charge in [-0.1, -0.05) is 31.5 Å². The summed E-state index contributed by atoms with van der Waals surface area (Å²) in [5.74, 6) is 1.60. The fourth-order valence-electron chi connectivity index (χ4n) is 3.39. The number of aryl methyl sites for hydroxylation is 2. The van der Waals surface area contributed by atoms with Crippen molar-refractivity contribution in [2.24, 2.45) is 5.92 Å². The number of benzene rings is 1. The quantitative estimate of drug-likeness (QED) is 0.834. The molecule has 1 fully saturated rings. The average molecular weight is 231 g/mol. The lowest BCUT2D eigenvalue weighted by molar-refractivity contribution is 0.305. The molecule has 0 bridgehead atoms. The van der Waals surface area contributed by atoms with Crippen LogP contribution < -0.4 is 5.32 Å². The van der Waals surface area contributed by atoms with Crippen LogP contribution in [0, 0.1) is 19.8 Å². The van der Waals surface area contributed by atoms with Crippen LogP contribution in [0.4, 0.5) is 0 Å². The van der Waals surface area contributed by atoms with Crippen LogP contribution >= 0.6 is 0 Å². The Kier molecular flexibility index (Phi) is 4.22. The Morgan fingerprint density at radius 2 is 1.94 bits per heavy atom. The van der Waals surface area contributed by atoms with Gasteiger partial charge in [0.1, 0.15) is 0 Å². The number of piperidine rings is 1. The third kappa shape index (κ3) is 2.71. The molecule has 1 heterocycles. The summed E-state index contributed by atoms with van der Waals surface area (Å²) in [6.07, 6.45) is 3.95. The first-order chi connectivity index (χ1) is 8.24. The molecule has 0 aromatic heterocycles. The molecule has 1 saturated heterocycles. The van der Waals surface area contributed by atoms with E-state index in [1.165, 1.54) is 43.5 Å². The molecule has 2 unspecified atom stereocenters. The van der Waals surface area contributed by atoms with Crippen LogP contribution in [0.25, 0.3) is 0 Å². The zero-order valence-corrected chi connectivity index (χ0v) is 11.4. The third-order valence-electron chi connectivity index (χ3n) is 4.18. The van der Waals surface area contributed by atoms with E-state index in [1.807, 2.05) is 0 Å². The molecule has 17 heavy (non-hydrogen) atoms. The van der Waals surface area contributed by atoms with Crippen LogP contribution in [-0.4, -0.2) is 13.1 Å². The molecule has 94 valence electrons. The van der Waals surface area contributed by atoms with E-state index in [2.05, 4.69) is 44.3 Å². The maximum atomic E-state index is 3.56. The highest BCUT2D eigenvalue weighted by atomic mass is 14.9. The molecule has 0 spiro atoms. The van der Waals surface area contributed by atoms with E-state index in [4.69, 9.17) is 0 Å². The lowest BCUT2D eigenvalue weighted by atomic mass is 9.76. The van der Waals surface area contributed by atoms with Gasteiger partial charge in [-0.15, -0.1) is 0 Å². The van der Waals surface area contributed by atoms with Gasteiger partial charge in [-0.2, -0.15) is 0 Å². The predicted molar refractivity (Wildman–Crippen MR) is 74.5 cm³/mol. The SMILES string of the molecule is CCCC1CNCCC1c1c(C)cccc1C. The van der Waals surface area contributed by atoms with E-state index in [9.17, 15) is 0 Å². The van der Waals surface area contributed by atoms with Gasteiger partial charge in [0.05, 0.1) is 0 Å². The zero-order valence-electron chi connectivity index (χ0n) is 11.4. The Balaban J connectivity index is 2.29. The van der Waals surface area contributed by atoms with Crippen molar-refractivity contribution >= 4 is 0 Å². The van der Waals surface area contributed by atoms with Crippen LogP contribution in [0.15, 0.2) is 18.2 Å². The summed E-state index contributed by atoms with van der Waals surface area (Å²) in [7, 11) is 0. The normalized spacial score (nSPS) is 24.9. The Hall–Kier alpha value is -0.820. The van der Waals surface area contributed by atoms with Crippen molar-refractivity contribution in [2.45, 2.75) is 46.0 Å². The van der Waals surface area contributed by atoms with Crippen molar-refractivity contribution < 1.29 is 0 Å². The van der Waals surface area contributed by atoms with Gasteiger partial charge < -0.3 is 5.32 Å². The molecule has 2 rings (SSSR count). The van der Waals surface area contributed by atoms with Crippen molar-refractivity contribution in [3.8, 4) is 0 Å². The summed E-state index contributed by atoms with van der Waals surface area (Å²) < 4.78 is 0. The molecular formula is C16H25N. The Bertz CT molecular complexity index is 348. The van der Waals surface area contributed by atoms with Gasteiger partial charge in [-0.3, -0.25) is 0 Å². The van der Waals surface area contributed by atoms with Crippen molar-refractivity contribution in [2.75, 3.05) is 13.1 Å². The van der Waals surface area contributed by atoms with E-state index in [-0.39, 0.29) is 0 Å². The summed E-state index contributed by atoms with van der Waals surface area (Å²) in [5.41, 5.74) is 4.60. The Labute approximate surface area is 106 Å². The summed E-state index contributed by atoms with van der Waals surface area (Å²) in [6, 6.07) is 6.73. The van der Waals surface area contributed by atoms with Crippen molar-refractivity contribution in [3.05, 3.63) is 34.9 Å². The molecule has 1 aromatic rings. The maximum Gasteiger partial charge on any atom is -0.00147 e. The summed E-state index contributed by atoms with van der Waals surface area (Å²) in [4.78, 5) is 0. The summed E-state index contributed by atoms with van der Waals surface area (Å²) in [5, 5.41) is 3.56. The lowest BCUT2D eigenvalue weighted by Gasteiger charge is -2.34. The highest BCUT2D eigenvalue weighted by Crippen LogP contribution is 2.36. The molecule has 2 atom stereocenters. The highest BCUT2D eigenvalue weighted by molar-refractivity contribution is 5.37. The van der Waals surface area contributed by atoms with Gasteiger partial charge in [0.2, 0.25) is 0 Å². The largest absolute Gasteiger partial charge is 0.316 e. The minimum Gasteiger partial charge on any atom is -0.316 e. The van der Waals surface area contributed by atoms with E-state index in [0.29, 0.717) is 0 Å². The van der Waals surface area contributed by atoms with Crippen molar-refractivity contribution in [1.82, 2.24) is 5.32 Å². The molecule has 1 heteroatoms. The zero-order chi connectivity index (χ0) is 12.3. The first kappa shape index (κ1) is 12.6. The second-order valence-corrected chi connectivity index (χ2v) is 5.45. The van der Waals surface area contributed by atoms with E-state index >= 15 is 0 Å². The minimum absolute atomic E-state index is 0.775. The van der Waals surface area contributed by atoms with Crippen molar-refractivity contribution in [1.29, 1.82) is 0 Å². The number of hydrogen-bond acceptors (Lipinski definition) is 1. The minimum atomic E-state index is 0.775. The maximum absolute atomic E-state index is 3.56. The monoisotopic (exact) mass is 231 g/mol. The second-order valence-electron chi connectivity index (χ2n) is 5.45. The fraction of sp³-hybridized carbons (Fsp3) is 0.625. The van der Waals surface area contributed by atoms with Gasteiger partial charge in [0, 0.05) is 0 Å². The number of nitrogens with one attached hydrogen (secondary N) is 1. The molecule has 0 amide bonds. The number of hydrogen-bond donors (Lipinski definition) is 1. The molecule has 1 aromatic carbocycles.